The fourth-order valence-electron chi connectivity index (χ4n) is 1.79. The minimum absolute atomic E-state index is 0.0405. The molecule has 0 bridgehead atoms. The van der Waals surface area contributed by atoms with Crippen molar-refractivity contribution in [3.8, 4) is 5.75 Å². The Hall–Kier alpha value is -3.49. The molecule has 2 aromatic carbocycles. The number of phenolic OH excluding ortho intramolecular Hbond substituents is 1. The Balaban J connectivity index is 2.28. The molecular formula is C14H12N4O5. The first-order valence-corrected chi connectivity index (χ1v) is 6.41. The molecule has 0 unspecified atom stereocenters. The van der Waals surface area contributed by atoms with Crippen LogP contribution in [0.25, 0.3) is 0 Å². The number of anilines is 1. The second-order valence-corrected chi connectivity index (χ2v) is 4.57. The van der Waals surface area contributed by atoms with E-state index >= 15 is 0 Å². The summed E-state index contributed by atoms with van der Waals surface area (Å²) in [5.74, 6) is 0.112. The Morgan fingerprint density at radius 3 is 2.30 bits per heavy atom. The Kier molecular flexibility index (Phi) is 4.50. The van der Waals surface area contributed by atoms with Gasteiger partial charge >= 0.3 is 5.69 Å². The fraction of sp³-hybridized carbons (Fsp3) is 0.0714. The van der Waals surface area contributed by atoms with Gasteiger partial charge in [-0.15, -0.1) is 0 Å². The number of hydrogen-bond donors (Lipinski definition) is 2. The van der Waals surface area contributed by atoms with Crippen molar-refractivity contribution >= 4 is 22.8 Å². The molecule has 0 saturated heterocycles. The zero-order chi connectivity index (χ0) is 17.0. The number of nitrogens with one attached hydrogen (secondary N) is 1. The van der Waals surface area contributed by atoms with Gasteiger partial charge < -0.3 is 5.11 Å². The molecular weight excluding hydrogens is 304 g/mol. The van der Waals surface area contributed by atoms with Gasteiger partial charge in [0.15, 0.2) is 0 Å². The average Bonchev–Trinajstić information content (AvgIpc) is 2.52. The summed E-state index contributed by atoms with van der Waals surface area (Å²) in [5.41, 5.74) is 2.99. The fourth-order valence-corrected chi connectivity index (χ4v) is 1.79. The van der Waals surface area contributed by atoms with E-state index in [0.717, 1.165) is 12.1 Å². The Labute approximate surface area is 130 Å². The minimum Gasteiger partial charge on any atom is -0.508 e. The van der Waals surface area contributed by atoms with Gasteiger partial charge in [0.25, 0.3) is 5.69 Å². The molecule has 2 N–H and O–H groups in total. The summed E-state index contributed by atoms with van der Waals surface area (Å²) in [5, 5.41) is 34.9. The molecule has 9 heteroatoms. The van der Waals surface area contributed by atoms with E-state index in [9.17, 15) is 25.3 Å². The zero-order valence-electron chi connectivity index (χ0n) is 12.0. The molecule has 118 valence electrons. The summed E-state index contributed by atoms with van der Waals surface area (Å²) < 4.78 is 0. The van der Waals surface area contributed by atoms with Crippen LogP contribution in [-0.4, -0.2) is 20.7 Å². The number of nitrogens with zero attached hydrogens (tertiary/aromatic N) is 3. The van der Waals surface area contributed by atoms with Gasteiger partial charge in [0, 0.05) is 6.07 Å². The number of nitro benzene ring substituents is 2. The first-order valence-electron chi connectivity index (χ1n) is 6.41. The highest BCUT2D eigenvalue weighted by atomic mass is 16.6. The van der Waals surface area contributed by atoms with E-state index in [1.807, 2.05) is 0 Å². The Morgan fingerprint density at radius 2 is 1.74 bits per heavy atom. The predicted octanol–water partition coefficient (Wildman–Crippen LogP) is 3.04. The summed E-state index contributed by atoms with van der Waals surface area (Å²) in [7, 11) is 0. The lowest BCUT2D eigenvalue weighted by molar-refractivity contribution is -0.393. The van der Waals surface area contributed by atoms with E-state index in [2.05, 4.69) is 10.5 Å². The lowest BCUT2D eigenvalue weighted by Crippen LogP contribution is -2.02. The first-order chi connectivity index (χ1) is 10.9. The van der Waals surface area contributed by atoms with Crippen LogP contribution in [-0.2, 0) is 0 Å². The lowest BCUT2D eigenvalue weighted by atomic mass is 10.1. The van der Waals surface area contributed by atoms with Gasteiger partial charge in [-0.3, -0.25) is 25.7 Å². The molecule has 0 atom stereocenters. The smallest absolute Gasteiger partial charge is 0.301 e. The summed E-state index contributed by atoms with van der Waals surface area (Å²) in [6, 6.07) is 9.50. The molecule has 2 rings (SSSR count). The van der Waals surface area contributed by atoms with Crippen molar-refractivity contribution < 1.29 is 15.0 Å². The maximum Gasteiger partial charge on any atom is 0.301 e. The zero-order valence-corrected chi connectivity index (χ0v) is 12.0. The number of benzene rings is 2. The van der Waals surface area contributed by atoms with Crippen LogP contribution < -0.4 is 5.43 Å². The Bertz CT molecular complexity index is 786. The van der Waals surface area contributed by atoms with Crippen molar-refractivity contribution in [3.63, 3.8) is 0 Å². The average molecular weight is 316 g/mol. The standard InChI is InChI=1S/C14H12N4O5/c1-9(10-2-5-12(19)6-3-10)15-16-13-7-4-11(17(20)21)8-14(13)18(22)23/h2-8,16,19H,1H3/b15-9+. The van der Waals surface area contributed by atoms with Gasteiger partial charge in [0.1, 0.15) is 11.4 Å². The van der Waals surface area contributed by atoms with E-state index in [4.69, 9.17) is 0 Å². The molecule has 0 aliphatic rings. The molecule has 0 saturated carbocycles. The topological polar surface area (TPSA) is 131 Å². The number of non-ortho nitro benzene ring substituents is 1. The molecule has 0 amide bonds. The van der Waals surface area contributed by atoms with Gasteiger partial charge in [-0.25, -0.2) is 0 Å². The van der Waals surface area contributed by atoms with Crippen molar-refractivity contribution in [2.75, 3.05) is 5.43 Å². The van der Waals surface area contributed by atoms with Crippen LogP contribution in [0.2, 0.25) is 0 Å². The normalized spacial score (nSPS) is 11.1. The second-order valence-electron chi connectivity index (χ2n) is 4.57. The molecule has 0 spiro atoms. The number of aromatic hydroxyl groups is 1. The lowest BCUT2D eigenvalue weighted by Gasteiger charge is -2.05. The monoisotopic (exact) mass is 316 g/mol. The highest BCUT2D eigenvalue weighted by Crippen LogP contribution is 2.29. The highest BCUT2D eigenvalue weighted by Gasteiger charge is 2.19. The maximum absolute atomic E-state index is 11.0. The molecule has 2 aromatic rings. The van der Waals surface area contributed by atoms with Gasteiger partial charge in [0.05, 0.1) is 21.6 Å². The van der Waals surface area contributed by atoms with Gasteiger partial charge in [-0.05, 0) is 42.8 Å². The summed E-state index contributed by atoms with van der Waals surface area (Å²) in [4.78, 5) is 20.3. The summed E-state index contributed by atoms with van der Waals surface area (Å²) in [6.45, 7) is 1.68. The van der Waals surface area contributed by atoms with Crippen LogP contribution in [0.1, 0.15) is 12.5 Å². The van der Waals surface area contributed by atoms with E-state index in [1.54, 1.807) is 19.1 Å². The largest absolute Gasteiger partial charge is 0.508 e. The molecule has 0 radical (unpaired) electrons. The van der Waals surface area contributed by atoms with Crippen molar-refractivity contribution in [3.05, 3.63) is 68.3 Å². The van der Waals surface area contributed by atoms with Crippen LogP contribution in [0.3, 0.4) is 0 Å². The third kappa shape index (κ3) is 3.79. The number of phenols is 1. The van der Waals surface area contributed by atoms with Crippen molar-refractivity contribution in [2.45, 2.75) is 6.92 Å². The molecule has 0 fully saturated rings. The predicted molar refractivity (Wildman–Crippen MR) is 83.7 cm³/mol. The van der Waals surface area contributed by atoms with Crippen molar-refractivity contribution in [2.24, 2.45) is 5.10 Å². The molecule has 0 aliphatic heterocycles. The molecule has 9 nitrogen and oxygen atoms in total. The van der Waals surface area contributed by atoms with Gasteiger partial charge in [-0.1, -0.05) is 0 Å². The quantitative estimate of drug-likeness (QED) is 0.495. The van der Waals surface area contributed by atoms with E-state index in [1.165, 1.54) is 18.2 Å². The number of hydrazone groups is 1. The number of rotatable bonds is 5. The summed E-state index contributed by atoms with van der Waals surface area (Å²) >= 11 is 0. The van der Waals surface area contributed by atoms with E-state index < -0.39 is 15.5 Å². The summed E-state index contributed by atoms with van der Waals surface area (Å²) in [6.07, 6.45) is 0. The van der Waals surface area contributed by atoms with Crippen molar-refractivity contribution in [1.29, 1.82) is 0 Å². The minimum atomic E-state index is -0.721. The second kappa shape index (κ2) is 6.52. The molecule has 23 heavy (non-hydrogen) atoms. The third-order valence-electron chi connectivity index (χ3n) is 3.02. The number of nitro groups is 2. The van der Waals surface area contributed by atoms with E-state index in [-0.39, 0.29) is 17.1 Å². The molecule has 0 aliphatic carbocycles. The maximum atomic E-state index is 11.0. The molecule has 0 aromatic heterocycles. The molecule has 0 heterocycles. The van der Waals surface area contributed by atoms with Crippen LogP contribution in [0.4, 0.5) is 17.1 Å². The first kappa shape index (κ1) is 15.9. The van der Waals surface area contributed by atoms with Crippen molar-refractivity contribution in [1.82, 2.24) is 0 Å². The van der Waals surface area contributed by atoms with Crippen LogP contribution in [0, 0.1) is 20.2 Å². The third-order valence-corrected chi connectivity index (χ3v) is 3.02. The number of hydrogen-bond acceptors (Lipinski definition) is 7. The van der Waals surface area contributed by atoms with Gasteiger partial charge in [-0.2, -0.15) is 5.10 Å². The Morgan fingerprint density at radius 1 is 1.09 bits per heavy atom. The highest BCUT2D eigenvalue weighted by molar-refractivity contribution is 5.99. The van der Waals surface area contributed by atoms with Crippen LogP contribution in [0.5, 0.6) is 5.75 Å². The van der Waals surface area contributed by atoms with E-state index in [0.29, 0.717) is 11.3 Å². The SMILES string of the molecule is C/C(=N\Nc1ccc([N+](=O)[O-])cc1[N+](=O)[O-])c1ccc(O)cc1. The van der Waals surface area contributed by atoms with Crippen LogP contribution in [0.15, 0.2) is 47.6 Å². The van der Waals surface area contributed by atoms with Gasteiger partial charge in [0.2, 0.25) is 0 Å². The van der Waals surface area contributed by atoms with Crippen LogP contribution >= 0.6 is 0 Å².